The quantitative estimate of drug-likeness (QED) is 0.500. The average Bonchev–Trinajstić information content (AvgIpc) is 2.88. The number of nitrogens with one attached hydrogen (secondary N) is 1. The molecule has 1 heterocycles. The van der Waals surface area contributed by atoms with Crippen LogP contribution in [-0.4, -0.2) is 31.3 Å². The lowest BCUT2D eigenvalue weighted by Gasteiger charge is -2.02. The fourth-order valence-electron chi connectivity index (χ4n) is 1.95. The summed E-state index contributed by atoms with van der Waals surface area (Å²) in [4.78, 5) is 0. The fraction of sp³-hybridized carbons (Fsp3) is 0. The first-order chi connectivity index (χ1) is 11.0. The largest absolute Gasteiger partial charge is 0.508 e. The topological polar surface area (TPSA) is 86.4 Å². The highest BCUT2D eigenvalue weighted by Crippen LogP contribution is 2.22. The number of hydrogen-bond donors (Lipinski definition) is 3. The van der Waals surface area contributed by atoms with Crippen LogP contribution >= 0.6 is 23.8 Å². The molecule has 0 saturated carbocycles. The molecule has 0 bridgehead atoms. The second-order valence-electron chi connectivity index (χ2n) is 4.66. The predicted molar refractivity (Wildman–Crippen MR) is 90.6 cm³/mol. The van der Waals surface area contributed by atoms with Gasteiger partial charge in [0, 0.05) is 22.2 Å². The molecule has 0 atom stereocenters. The molecule has 0 unspecified atom stereocenters. The number of aromatic amines is 1. The van der Waals surface area contributed by atoms with Crippen molar-refractivity contribution in [2.75, 3.05) is 0 Å². The zero-order valence-corrected chi connectivity index (χ0v) is 13.2. The van der Waals surface area contributed by atoms with Crippen molar-refractivity contribution < 1.29 is 10.2 Å². The Bertz CT molecular complexity index is 931. The van der Waals surface area contributed by atoms with Gasteiger partial charge in [0.25, 0.3) is 0 Å². The number of nitrogens with zero attached hydrogens (tertiary/aromatic N) is 3. The summed E-state index contributed by atoms with van der Waals surface area (Å²) < 4.78 is 1.75. The van der Waals surface area contributed by atoms with Crippen LogP contribution in [0.2, 0.25) is 5.02 Å². The molecule has 0 fully saturated rings. The molecule has 1 aromatic heterocycles. The van der Waals surface area contributed by atoms with Crippen LogP contribution in [0, 0.1) is 4.77 Å². The van der Waals surface area contributed by atoms with Crippen molar-refractivity contribution in [3.8, 4) is 22.9 Å². The van der Waals surface area contributed by atoms with Gasteiger partial charge in [-0.25, -0.2) is 5.10 Å². The standard InChI is InChI=1S/C15H11ClN4O2S/c16-11-4-1-9(2-5-11)14-18-19-15(23)20(14)17-8-10-3-6-12(21)7-13(10)22/h1-8,21-22H,(H,19,23)/b17-8+. The fourth-order valence-corrected chi connectivity index (χ4v) is 2.25. The van der Waals surface area contributed by atoms with Gasteiger partial charge >= 0.3 is 0 Å². The van der Waals surface area contributed by atoms with E-state index in [1.165, 1.54) is 23.0 Å². The van der Waals surface area contributed by atoms with Crippen LogP contribution in [-0.2, 0) is 0 Å². The van der Waals surface area contributed by atoms with E-state index in [1.807, 2.05) is 0 Å². The van der Waals surface area contributed by atoms with Gasteiger partial charge in [0.15, 0.2) is 5.82 Å². The van der Waals surface area contributed by atoms with E-state index in [0.29, 0.717) is 21.2 Å². The van der Waals surface area contributed by atoms with Crippen LogP contribution in [0.15, 0.2) is 47.6 Å². The Kier molecular flexibility index (Phi) is 4.14. The van der Waals surface area contributed by atoms with Crippen LogP contribution in [0.25, 0.3) is 11.4 Å². The number of H-pyrrole nitrogens is 1. The first kappa shape index (κ1) is 15.3. The van der Waals surface area contributed by atoms with E-state index >= 15 is 0 Å². The van der Waals surface area contributed by atoms with E-state index in [2.05, 4.69) is 15.3 Å². The molecule has 0 aliphatic carbocycles. The maximum Gasteiger partial charge on any atom is 0.216 e. The lowest BCUT2D eigenvalue weighted by atomic mass is 10.2. The Morgan fingerprint density at radius 2 is 1.91 bits per heavy atom. The number of hydrogen-bond acceptors (Lipinski definition) is 5. The molecule has 116 valence electrons. The molecule has 0 radical (unpaired) electrons. The van der Waals surface area contributed by atoms with Gasteiger partial charge in [-0.2, -0.15) is 14.9 Å². The maximum atomic E-state index is 9.78. The molecule has 3 N–H and O–H groups in total. The van der Waals surface area contributed by atoms with E-state index < -0.39 is 0 Å². The van der Waals surface area contributed by atoms with E-state index in [-0.39, 0.29) is 11.5 Å². The SMILES string of the molecule is Oc1ccc(/C=N/n2c(-c3ccc(Cl)cc3)n[nH]c2=S)c(O)c1. The van der Waals surface area contributed by atoms with Gasteiger partial charge in [-0.3, -0.25) is 0 Å². The summed E-state index contributed by atoms with van der Waals surface area (Å²) in [5.74, 6) is 0.402. The minimum Gasteiger partial charge on any atom is -0.508 e. The molecular weight excluding hydrogens is 336 g/mol. The Morgan fingerprint density at radius 1 is 1.17 bits per heavy atom. The Hall–Kier alpha value is -2.64. The minimum atomic E-state index is -0.0863. The van der Waals surface area contributed by atoms with Gasteiger partial charge in [0.1, 0.15) is 11.5 Å². The van der Waals surface area contributed by atoms with Crippen molar-refractivity contribution in [3.05, 3.63) is 57.8 Å². The molecule has 0 saturated heterocycles. The van der Waals surface area contributed by atoms with Gasteiger partial charge in [0.05, 0.1) is 6.21 Å². The molecule has 2 aromatic carbocycles. The molecule has 0 aliphatic heterocycles. The third-order valence-electron chi connectivity index (χ3n) is 3.08. The number of benzene rings is 2. The molecule has 0 amide bonds. The number of aromatic hydroxyl groups is 2. The minimum absolute atomic E-state index is 0.0265. The molecule has 3 aromatic rings. The highest BCUT2D eigenvalue weighted by atomic mass is 35.5. The van der Waals surface area contributed by atoms with Crippen molar-refractivity contribution in [2.24, 2.45) is 5.10 Å². The van der Waals surface area contributed by atoms with E-state index in [1.54, 1.807) is 30.3 Å². The van der Waals surface area contributed by atoms with Gasteiger partial charge in [0.2, 0.25) is 4.77 Å². The lowest BCUT2D eigenvalue weighted by Crippen LogP contribution is -1.95. The number of phenols is 2. The summed E-state index contributed by atoms with van der Waals surface area (Å²) in [6.45, 7) is 0. The third-order valence-corrected chi connectivity index (χ3v) is 3.60. The van der Waals surface area contributed by atoms with Crippen molar-refractivity contribution in [1.29, 1.82) is 0 Å². The number of aromatic nitrogens is 3. The van der Waals surface area contributed by atoms with Gasteiger partial charge in [-0.15, -0.1) is 0 Å². The van der Waals surface area contributed by atoms with Crippen LogP contribution in [0.1, 0.15) is 5.56 Å². The number of rotatable bonds is 3. The molecular formula is C15H11ClN4O2S. The van der Waals surface area contributed by atoms with Crippen molar-refractivity contribution in [1.82, 2.24) is 14.9 Å². The average molecular weight is 347 g/mol. The van der Waals surface area contributed by atoms with Crippen molar-refractivity contribution in [2.45, 2.75) is 0 Å². The summed E-state index contributed by atoms with van der Waals surface area (Å²) in [7, 11) is 0. The Morgan fingerprint density at radius 3 is 2.61 bits per heavy atom. The van der Waals surface area contributed by atoms with E-state index in [0.717, 1.165) is 5.56 Å². The van der Waals surface area contributed by atoms with Gasteiger partial charge in [-0.05, 0) is 48.6 Å². The number of phenolic OH excluding ortho intramolecular Hbond substituents is 2. The van der Waals surface area contributed by atoms with Crippen molar-refractivity contribution in [3.63, 3.8) is 0 Å². The van der Waals surface area contributed by atoms with Crippen LogP contribution in [0.4, 0.5) is 0 Å². The summed E-state index contributed by atoms with van der Waals surface area (Å²) in [6, 6.07) is 11.3. The monoisotopic (exact) mass is 346 g/mol. The second-order valence-corrected chi connectivity index (χ2v) is 5.48. The zero-order chi connectivity index (χ0) is 16.4. The van der Waals surface area contributed by atoms with Crippen molar-refractivity contribution >= 4 is 30.0 Å². The third kappa shape index (κ3) is 3.25. The highest BCUT2D eigenvalue weighted by molar-refractivity contribution is 7.71. The lowest BCUT2D eigenvalue weighted by molar-refractivity contribution is 0.450. The summed E-state index contributed by atoms with van der Waals surface area (Å²) >= 11 is 11.1. The molecule has 6 nitrogen and oxygen atoms in total. The summed E-state index contributed by atoms with van der Waals surface area (Å²) in [5.41, 5.74) is 1.22. The molecule has 0 aliphatic rings. The molecule has 8 heteroatoms. The molecule has 0 spiro atoms. The first-order valence-corrected chi connectivity index (χ1v) is 7.33. The smallest absolute Gasteiger partial charge is 0.216 e. The predicted octanol–water partition coefficient (Wildman–Crippen LogP) is 3.55. The van der Waals surface area contributed by atoms with Crippen LogP contribution in [0.3, 0.4) is 0 Å². The molecule has 3 rings (SSSR count). The van der Waals surface area contributed by atoms with Gasteiger partial charge < -0.3 is 10.2 Å². The van der Waals surface area contributed by atoms with E-state index in [4.69, 9.17) is 23.8 Å². The number of halogens is 1. The molecule has 23 heavy (non-hydrogen) atoms. The van der Waals surface area contributed by atoms with Gasteiger partial charge in [-0.1, -0.05) is 11.6 Å². The Balaban J connectivity index is 2.00. The second kappa shape index (κ2) is 6.23. The zero-order valence-electron chi connectivity index (χ0n) is 11.6. The Labute approximate surface area is 141 Å². The maximum absolute atomic E-state index is 9.78. The summed E-state index contributed by atoms with van der Waals surface area (Å²) in [6.07, 6.45) is 1.43. The normalized spacial score (nSPS) is 11.2. The summed E-state index contributed by atoms with van der Waals surface area (Å²) in [5, 5.41) is 30.8. The van der Waals surface area contributed by atoms with Crippen LogP contribution < -0.4 is 0 Å². The first-order valence-electron chi connectivity index (χ1n) is 6.54. The van der Waals surface area contributed by atoms with E-state index in [9.17, 15) is 10.2 Å². The highest BCUT2D eigenvalue weighted by Gasteiger charge is 2.08. The van der Waals surface area contributed by atoms with Crippen LogP contribution in [0.5, 0.6) is 11.5 Å².